The van der Waals surface area contributed by atoms with Crippen molar-refractivity contribution in [2.75, 3.05) is 0 Å². The number of rotatable bonds is 2. The van der Waals surface area contributed by atoms with Crippen LogP contribution >= 0.6 is 0 Å². The van der Waals surface area contributed by atoms with Crippen molar-refractivity contribution in [1.82, 2.24) is 4.57 Å². The Morgan fingerprint density at radius 2 is 1.00 bits per heavy atom. The number of aromatic nitrogens is 1. The lowest BCUT2D eigenvalue weighted by Gasteiger charge is -2.13. The van der Waals surface area contributed by atoms with E-state index in [2.05, 4.69) is 144 Å². The van der Waals surface area contributed by atoms with E-state index in [1.807, 2.05) is 0 Å². The van der Waals surface area contributed by atoms with Crippen LogP contribution in [0.15, 0.2) is 140 Å². The Bertz CT molecular complexity index is 1990. The van der Waals surface area contributed by atoms with Gasteiger partial charge < -0.3 is 4.57 Å². The van der Waals surface area contributed by atoms with Gasteiger partial charge in [0, 0.05) is 16.5 Å². The zero-order valence-corrected chi connectivity index (χ0v) is 20.9. The summed E-state index contributed by atoms with van der Waals surface area (Å²) in [5.41, 5.74) is 14.2. The topological polar surface area (TPSA) is 4.93 Å². The Balaban J connectivity index is 1.35. The van der Waals surface area contributed by atoms with Gasteiger partial charge in [0.05, 0.1) is 11.0 Å². The molecule has 1 aliphatic carbocycles. The first kappa shape index (κ1) is 21.2. The molecule has 8 rings (SSSR count). The maximum absolute atomic E-state index is 2.40. The molecule has 7 aromatic rings. The highest BCUT2D eigenvalue weighted by Crippen LogP contribution is 2.42. The van der Waals surface area contributed by atoms with Crippen LogP contribution in [0.3, 0.4) is 0 Å². The minimum atomic E-state index is 0.946. The van der Waals surface area contributed by atoms with Gasteiger partial charge in [0.2, 0.25) is 0 Å². The Hall–Kier alpha value is -4.88. The minimum absolute atomic E-state index is 0.946. The number of hydrogen-bond acceptors (Lipinski definition) is 0. The summed E-state index contributed by atoms with van der Waals surface area (Å²) in [6, 6.07) is 51.1. The molecule has 0 radical (unpaired) electrons. The fourth-order valence-corrected chi connectivity index (χ4v) is 6.26. The van der Waals surface area contributed by atoms with Gasteiger partial charge in [-0.25, -0.2) is 0 Å². The van der Waals surface area contributed by atoms with E-state index in [0.29, 0.717) is 0 Å². The van der Waals surface area contributed by atoms with Crippen LogP contribution in [-0.2, 0) is 6.42 Å². The molecule has 6 aromatic carbocycles. The quantitative estimate of drug-likeness (QED) is 0.231. The van der Waals surface area contributed by atoms with Crippen LogP contribution in [-0.4, -0.2) is 4.57 Å². The molecule has 0 unspecified atom stereocenters. The van der Waals surface area contributed by atoms with Gasteiger partial charge in [-0.3, -0.25) is 0 Å². The molecule has 178 valence electrons. The smallest absolute Gasteiger partial charge is 0.0547 e. The second-order valence-corrected chi connectivity index (χ2v) is 10.2. The van der Waals surface area contributed by atoms with Gasteiger partial charge in [0.25, 0.3) is 0 Å². The second kappa shape index (κ2) is 8.33. The third-order valence-electron chi connectivity index (χ3n) is 8.04. The summed E-state index contributed by atoms with van der Waals surface area (Å²) < 4.78 is 2.39. The van der Waals surface area contributed by atoms with Crippen molar-refractivity contribution in [2.24, 2.45) is 0 Å². The maximum atomic E-state index is 2.40. The molecule has 0 atom stereocenters. The Labute approximate surface area is 222 Å². The maximum Gasteiger partial charge on any atom is 0.0547 e. The van der Waals surface area contributed by atoms with Gasteiger partial charge >= 0.3 is 0 Å². The summed E-state index contributed by atoms with van der Waals surface area (Å²) in [6.45, 7) is 0. The highest BCUT2D eigenvalue weighted by molar-refractivity contribution is 6.10. The van der Waals surface area contributed by atoms with Gasteiger partial charge in [-0.1, -0.05) is 109 Å². The van der Waals surface area contributed by atoms with E-state index in [9.17, 15) is 0 Å². The van der Waals surface area contributed by atoms with E-state index in [4.69, 9.17) is 0 Å². The van der Waals surface area contributed by atoms with Crippen LogP contribution in [0, 0.1) is 0 Å². The summed E-state index contributed by atoms with van der Waals surface area (Å²) in [4.78, 5) is 0. The van der Waals surface area contributed by atoms with Crippen molar-refractivity contribution in [3.8, 4) is 39.1 Å². The molecule has 1 nitrogen and oxygen atoms in total. The molecule has 0 spiro atoms. The highest BCUT2D eigenvalue weighted by atomic mass is 15.0. The SMILES string of the molecule is c1ccc(-n2c3ccccc3c3ccc(-c4ccc5c(c4)-c4ccccc4-c4ccccc4C5)cc32)cc1. The number of benzene rings is 6. The van der Waals surface area contributed by atoms with Crippen LogP contribution in [0.1, 0.15) is 11.1 Å². The van der Waals surface area contributed by atoms with Crippen LogP contribution in [0.4, 0.5) is 0 Å². The minimum Gasteiger partial charge on any atom is -0.309 e. The van der Waals surface area contributed by atoms with Crippen molar-refractivity contribution >= 4 is 21.8 Å². The monoisotopic (exact) mass is 483 g/mol. The van der Waals surface area contributed by atoms with E-state index in [0.717, 1.165) is 6.42 Å². The Morgan fingerprint density at radius 1 is 0.395 bits per heavy atom. The van der Waals surface area contributed by atoms with E-state index >= 15 is 0 Å². The first-order valence-electron chi connectivity index (χ1n) is 13.2. The van der Waals surface area contributed by atoms with E-state index in [-0.39, 0.29) is 0 Å². The molecule has 0 saturated carbocycles. The molecule has 1 heteroatoms. The average Bonchev–Trinajstić information content (AvgIpc) is 3.24. The molecule has 0 bridgehead atoms. The van der Waals surface area contributed by atoms with Crippen LogP contribution in [0.5, 0.6) is 0 Å². The number of para-hydroxylation sites is 2. The highest BCUT2D eigenvalue weighted by Gasteiger charge is 2.20. The summed E-state index contributed by atoms with van der Waals surface area (Å²) >= 11 is 0. The Morgan fingerprint density at radius 3 is 1.87 bits per heavy atom. The Kier molecular flexibility index (Phi) is 4.65. The molecule has 1 heterocycles. The van der Waals surface area contributed by atoms with Crippen molar-refractivity contribution in [2.45, 2.75) is 6.42 Å². The van der Waals surface area contributed by atoms with E-state index < -0.39 is 0 Å². The van der Waals surface area contributed by atoms with Gasteiger partial charge in [-0.2, -0.15) is 0 Å². The lowest BCUT2D eigenvalue weighted by molar-refractivity contribution is 1.18. The van der Waals surface area contributed by atoms with E-state index in [1.165, 1.54) is 72.0 Å². The van der Waals surface area contributed by atoms with Crippen molar-refractivity contribution in [1.29, 1.82) is 0 Å². The zero-order valence-electron chi connectivity index (χ0n) is 20.9. The largest absolute Gasteiger partial charge is 0.309 e. The molecule has 0 aliphatic heterocycles. The summed E-state index contributed by atoms with van der Waals surface area (Å²) in [5.74, 6) is 0. The summed E-state index contributed by atoms with van der Waals surface area (Å²) in [6.07, 6.45) is 0.946. The zero-order chi connectivity index (χ0) is 25.1. The molecule has 0 amide bonds. The number of nitrogens with zero attached hydrogens (tertiary/aromatic N) is 1. The molecule has 1 aliphatic rings. The predicted octanol–water partition coefficient (Wildman–Crippen LogP) is 9.69. The lowest BCUT2D eigenvalue weighted by Crippen LogP contribution is -1.94. The van der Waals surface area contributed by atoms with Crippen molar-refractivity contribution < 1.29 is 0 Å². The molecule has 0 N–H and O–H groups in total. The standard InChI is InChI=1S/C37H25N/c1-2-11-29(12-3-1)38-36-17-9-8-16-33(36)34-21-20-26(24-37(34)38)25-18-19-28-22-27-10-4-5-13-30(27)31-14-6-7-15-32(31)35(28)23-25/h1-21,23-24H,22H2. The molecule has 1 aromatic heterocycles. The summed E-state index contributed by atoms with van der Waals surface area (Å²) in [5, 5.41) is 2.57. The van der Waals surface area contributed by atoms with Gasteiger partial charge in [-0.05, 0) is 81.3 Å². The predicted molar refractivity (Wildman–Crippen MR) is 160 cm³/mol. The van der Waals surface area contributed by atoms with Crippen LogP contribution in [0.25, 0.3) is 60.9 Å². The van der Waals surface area contributed by atoms with Crippen molar-refractivity contribution in [3.63, 3.8) is 0 Å². The molecule has 38 heavy (non-hydrogen) atoms. The van der Waals surface area contributed by atoms with Gasteiger partial charge in [0.15, 0.2) is 0 Å². The van der Waals surface area contributed by atoms with Gasteiger partial charge in [0.1, 0.15) is 0 Å². The molecular weight excluding hydrogens is 458 g/mol. The molecule has 0 saturated heterocycles. The van der Waals surface area contributed by atoms with E-state index in [1.54, 1.807) is 0 Å². The lowest BCUT2D eigenvalue weighted by atomic mass is 9.92. The first-order valence-corrected chi connectivity index (χ1v) is 13.2. The summed E-state index contributed by atoms with van der Waals surface area (Å²) in [7, 11) is 0. The fourth-order valence-electron chi connectivity index (χ4n) is 6.26. The molecule has 0 fully saturated rings. The third kappa shape index (κ3) is 3.19. The normalized spacial score (nSPS) is 12.1. The van der Waals surface area contributed by atoms with Crippen LogP contribution in [0.2, 0.25) is 0 Å². The molecular formula is C37H25N. The second-order valence-electron chi connectivity index (χ2n) is 10.2. The number of fused-ring (bicyclic) bond motifs is 8. The van der Waals surface area contributed by atoms with Crippen LogP contribution < -0.4 is 0 Å². The average molecular weight is 484 g/mol. The fraction of sp³-hybridized carbons (Fsp3) is 0.0270. The first-order chi connectivity index (χ1) is 18.8. The van der Waals surface area contributed by atoms with Gasteiger partial charge in [-0.15, -0.1) is 0 Å². The third-order valence-corrected chi connectivity index (χ3v) is 8.04. The van der Waals surface area contributed by atoms with Crippen molar-refractivity contribution in [3.05, 3.63) is 151 Å². The number of hydrogen-bond donors (Lipinski definition) is 0.